The maximum Gasteiger partial charge on any atom is 0.0471 e. The Morgan fingerprint density at radius 1 is 1.43 bits per heavy atom. The summed E-state index contributed by atoms with van der Waals surface area (Å²) in [6.45, 7) is 13.0. The van der Waals surface area contributed by atoms with Crippen LogP contribution >= 0.6 is 0 Å². The second-order valence-electron chi connectivity index (χ2n) is 5.86. The van der Waals surface area contributed by atoms with Gasteiger partial charge in [-0.1, -0.05) is 27.7 Å². The van der Waals surface area contributed by atoms with Crippen LogP contribution in [-0.2, 0) is 0 Å². The topological polar surface area (TPSA) is 23.5 Å². The van der Waals surface area contributed by atoms with Crippen LogP contribution in [0.5, 0.6) is 0 Å². The molecule has 0 saturated carbocycles. The highest BCUT2D eigenvalue weighted by molar-refractivity contribution is 4.79. The average Bonchev–Trinajstić information content (AvgIpc) is 2.50. The normalized spacial score (nSPS) is 26.8. The molecular weight excluding hydrogens is 174 g/mol. The van der Waals surface area contributed by atoms with Gasteiger partial charge in [0, 0.05) is 19.7 Å². The smallest absolute Gasteiger partial charge is 0.0471 e. The third-order valence-corrected chi connectivity index (χ3v) is 3.64. The molecule has 84 valence electrons. The molecule has 0 aromatic rings. The molecule has 0 bridgehead atoms. The maximum absolute atomic E-state index is 9.05. The van der Waals surface area contributed by atoms with Crippen molar-refractivity contribution in [2.75, 3.05) is 26.2 Å². The zero-order chi connectivity index (χ0) is 10.8. The van der Waals surface area contributed by atoms with E-state index in [1.165, 1.54) is 19.5 Å². The molecule has 0 radical (unpaired) electrons. The van der Waals surface area contributed by atoms with Gasteiger partial charge >= 0.3 is 0 Å². The molecule has 1 aliphatic heterocycles. The van der Waals surface area contributed by atoms with E-state index in [0.717, 1.165) is 12.5 Å². The van der Waals surface area contributed by atoms with Crippen LogP contribution in [-0.4, -0.2) is 36.2 Å². The Bertz CT molecular complexity index is 174. The van der Waals surface area contributed by atoms with Gasteiger partial charge in [0.15, 0.2) is 0 Å². The van der Waals surface area contributed by atoms with Crippen LogP contribution in [0.4, 0.5) is 0 Å². The molecule has 14 heavy (non-hydrogen) atoms. The molecule has 0 aliphatic carbocycles. The summed E-state index contributed by atoms with van der Waals surface area (Å²) in [5.74, 6) is 1.25. The summed E-state index contributed by atoms with van der Waals surface area (Å²) in [7, 11) is 0. The van der Waals surface area contributed by atoms with E-state index >= 15 is 0 Å². The molecule has 0 spiro atoms. The van der Waals surface area contributed by atoms with Crippen molar-refractivity contribution in [1.29, 1.82) is 0 Å². The number of aliphatic hydroxyl groups is 1. The molecule has 1 heterocycles. The van der Waals surface area contributed by atoms with Crippen molar-refractivity contribution in [3.05, 3.63) is 0 Å². The SMILES string of the molecule is CC(CN1CCC(CO)C1)C(C)(C)C. The van der Waals surface area contributed by atoms with Crippen LogP contribution in [0.3, 0.4) is 0 Å². The molecule has 1 rings (SSSR count). The van der Waals surface area contributed by atoms with Crippen molar-refractivity contribution in [2.24, 2.45) is 17.3 Å². The monoisotopic (exact) mass is 199 g/mol. The highest BCUT2D eigenvalue weighted by Crippen LogP contribution is 2.27. The van der Waals surface area contributed by atoms with E-state index in [9.17, 15) is 0 Å². The number of likely N-dealkylation sites (tertiary alicyclic amines) is 1. The molecular formula is C12H25NO. The first-order valence-corrected chi connectivity index (χ1v) is 5.76. The minimum Gasteiger partial charge on any atom is -0.396 e. The second kappa shape index (κ2) is 4.63. The number of rotatable bonds is 3. The fourth-order valence-corrected chi connectivity index (χ4v) is 1.89. The lowest BCUT2D eigenvalue weighted by Gasteiger charge is -2.31. The molecule has 0 aromatic carbocycles. The summed E-state index contributed by atoms with van der Waals surface area (Å²) >= 11 is 0. The molecule has 2 nitrogen and oxygen atoms in total. The van der Waals surface area contributed by atoms with E-state index < -0.39 is 0 Å². The van der Waals surface area contributed by atoms with Gasteiger partial charge in [0.25, 0.3) is 0 Å². The number of aliphatic hydroxyl groups excluding tert-OH is 1. The van der Waals surface area contributed by atoms with Crippen molar-refractivity contribution in [3.63, 3.8) is 0 Å². The Hall–Kier alpha value is -0.0800. The zero-order valence-corrected chi connectivity index (χ0v) is 10.1. The third kappa shape index (κ3) is 3.25. The molecule has 0 amide bonds. The Morgan fingerprint density at radius 2 is 2.07 bits per heavy atom. The number of hydrogen-bond donors (Lipinski definition) is 1. The first-order valence-electron chi connectivity index (χ1n) is 5.76. The predicted molar refractivity (Wildman–Crippen MR) is 60.3 cm³/mol. The highest BCUT2D eigenvalue weighted by Gasteiger charge is 2.27. The Morgan fingerprint density at radius 3 is 2.50 bits per heavy atom. The van der Waals surface area contributed by atoms with Gasteiger partial charge in [-0.05, 0) is 30.2 Å². The van der Waals surface area contributed by atoms with E-state index in [2.05, 4.69) is 32.6 Å². The molecule has 2 atom stereocenters. The predicted octanol–water partition coefficient (Wildman–Crippen LogP) is 1.98. The molecule has 1 aliphatic rings. The second-order valence-corrected chi connectivity index (χ2v) is 5.86. The van der Waals surface area contributed by atoms with E-state index in [4.69, 9.17) is 5.11 Å². The van der Waals surface area contributed by atoms with Crippen molar-refractivity contribution in [3.8, 4) is 0 Å². The van der Waals surface area contributed by atoms with E-state index in [1.54, 1.807) is 0 Å². The van der Waals surface area contributed by atoms with E-state index in [1.807, 2.05) is 0 Å². The van der Waals surface area contributed by atoms with Crippen LogP contribution in [0, 0.1) is 17.3 Å². The third-order valence-electron chi connectivity index (χ3n) is 3.64. The van der Waals surface area contributed by atoms with Crippen LogP contribution < -0.4 is 0 Å². The average molecular weight is 199 g/mol. The molecule has 1 fully saturated rings. The van der Waals surface area contributed by atoms with Gasteiger partial charge in [-0.2, -0.15) is 0 Å². The number of nitrogens with zero attached hydrogens (tertiary/aromatic N) is 1. The van der Waals surface area contributed by atoms with Crippen LogP contribution in [0.1, 0.15) is 34.1 Å². The molecule has 2 heteroatoms. The minimum atomic E-state index is 0.362. The summed E-state index contributed by atoms with van der Waals surface area (Å²) in [4.78, 5) is 2.50. The Kier molecular flexibility index (Phi) is 3.96. The molecule has 2 unspecified atom stereocenters. The van der Waals surface area contributed by atoms with Crippen LogP contribution in [0.25, 0.3) is 0 Å². The summed E-state index contributed by atoms with van der Waals surface area (Å²) in [5, 5.41) is 9.05. The van der Waals surface area contributed by atoms with Gasteiger partial charge < -0.3 is 10.0 Å². The van der Waals surface area contributed by atoms with Gasteiger partial charge in [-0.15, -0.1) is 0 Å². The van der Waals surface area contributed by atoms with E-state index in [0.29, 0.717) is 17.9 Å². The zero-order valence-electron chi connectivity index (χ0n) is 10.1. The van der Waals surface area contributed by atoms with Gasteiger partial charge in [0.2, 0.25) is 0 Å². The lowest BCUT2D eigenvalue weighted by Crippen LogP contribution is -2.32. The summed E-state index contributed by atoms with van der Waals surface area (Å²) in [6, 6.07) is 0. The highest BCUT2D eigenvalue weighted by atomic mass is 16.3. The molecule has 0 aromatic heterocycles. The minimum absolute atomic E-state index is 0.362. The van der Waals surface area contributed by atoms with Crippen molar-refractivity contribution in [1.82, 2.24) is 4.90 Å². The fraction of sp³-hybridized carbons (Fsp3) is 1.00. The standard InChI is InChI=1S/C12H25NO/c1-10(12(2,3)4)7-13-6-5-11(8-13)9-14/h10-11,14H,5-9H2,1-4H3. The van der Waals surface area contributed by atoms with Crippen molar-refractivity contribution in [2.45, 2.75) is 34.1 Å². The number of hydrogen-bond acceptors (Lipinski definition) is 2. The van der Waals surface area contributed by atoms with E-state index in [-0.39, 0.29) is 0 Å². The quantitative estimate of drug-likeness (QED) is 0.751. The summed E-state index contributed by atoms with van der Waals surface area (Å²) in [6.07, 6.45) is 1.17. The maximum atomic E-state index is 9.05. The summed E-state index contributed by atoms with van der Waals surface area (Å²) in [5.41, 5.74) is 0.400. The van der Waals surface area contributed by atoms with Gasteiger partial charge in [-0.25, -0.2) is 0 Å². The Balaban J connectivity index is 2.32. The largest absolute Gasteiger partial charge is 0.396 e. The first kappa shape index (κ1) is 12.0. The molecule has 1 saturated heterocycles. The first-order chi connectivity index (χ1) is 6.43. The van der Waals surface area contributed by atoms with Gasteiger partial charge in [0.1, 0.15) is 0 Å². The Labute approximate surface area is 88.3 Å². The summed E-state index contributed by atoms with van der Waals surface area (Å²) < 4.78 is 0. The van der Waals surface area contributed by atoms with Gasteiger partial charge in [-0.3, -0.25) is 0 Å². The fourth-order valence-electron chi connectivity index (χ4n) is 1.89. The van der Waals surface area contributed by atoms with Crippen molar-refractivity contribution >= 4 is 0 Å². The van der Waals surface area contributed by atoms with Crippen LogP contribution in [0.2, 0.25) is 0 Å². The van der Waals surface area contributed by atoms with Gasteiger partial charge in [0.05, 0.1) is 0 Å². The molecule has 1 N–H and O–H groups in total. The lowest BCUT2D eigenvalue weighted by atomic mass is 9.82. The van der Waals surface area contributed by atoms with Crippen molar-refractivity contribution < 1.29 is 5.11 Å². The van der Waals surface area contributed by atoms with Crippen LogP contribution in [0.15, 0.2) is 0 Å². The lowest BCUT2D eigenvalue weighted by molar-refractivity contribution is 0.169.